The number of thioether (sulfide) groups is 2. The summed E-state index contributed by atoms with van der Waals surface area (Å²) in [6.07, 6.45) is -0.149. The zero-order valence-electron chi connectivity index (χ0n) is 21.6. The van der Waals surface area contributed by atoms with E-state index in [4.69, 9.17) is 19.7 Å². The number of carbonyl (C=O) groups excluding carboxylic acids is 4. The van der Waals surface area contributed by atoms with Gasteiger partial charge in [-0.15, -0.1) is 0 Å². The summed E-state index contributed by atoms with van der Waals surface area (Å²) >= 11 is 2.36. The van der Waals surface area contributed by atoms with E-state index in [0.29, 0.717) is 24.3 Å². The zero-order chi connectivity index (χ0) is 26.9. The molecule has 10 nitrogen and oxygen atoms in total. The van der Waals surface area contributed by atoms with Crippen molar-refractivity contribution >= 4 is 45.9 Å². The summed E-state index contributed by atoms with van der Waals surface area (Å²) in [4.78, 5) is 44.8. The van der Waals surface area contributed by atoms with Crippen molar-refractivity contribution < 1.29 is 38.9 Å². The summed E-state index contributed by atoms with van der Waals surface area (Å²) in [5.74, 6) is 1.08. The van der Waals surface area contributed by atoms with Gasteiger partial charge in [0, 0.05) is 38.0 Å². The van der Waals surface area contributed by atoms with Gasteiger partial charge in [-0.25, -0.2) is 9.59 Å². The first-order valence-electron chi connectivity index (χ1n) is 11.0. The summed E-state index contributed by atoms with van der Waals surface area (Å²) in [6.45, 7) is 13.3. The lowest BCUT2D eigenvalue weighted by Gasteiger charge is -2.23. The van der Waals surface area contributed by atoms with Crippen molar-refractivity contribution in [2.45, 2.75) is 91.5 Å². The molecule has 2 amide bonds. The van der Waals surface area contributed by atoms with Gasteiger partial charge in [0.2, 0.25) is 0 Å². The van der Waals surface area contributed by atoms with Crippen LogP contribution in [0.25, 0.3) is 0 Å². The number of alkyl carbamates (subject to hydrolysis) is 2. The Morgan fingerprint density at radius 3 is 1.56 bits per heavy atom. The van der Waals surface area contributed by atoms with Crippen molar-refractivity contribution in [1.29, 1.82) is 0 Å². The molecule has 0 unspecified atom stereocenters. The average Bonchev–Trinajstić information content (AvgIpc) is 2.62. The molecule has 0 rings (SSSR count). The number of carbonyl (C=O) groups is 4. The monoisotopic (exact) mass is 526 g/mol. The standard InChI is InChI=1S/C13H23NO4S2.C9H19NO4/c1-9(15)19-7-6-11(8-20-10(2)16)14-12(17)18-13(3,4)5;1-9(2,3)14-8(13)10-7(6-12)4-5-11/h11H,6-8H2,1-5H3,(H,14,17);7,11-12H,4-6H2,1-3H3,(H,10,13)/t11-;7-/m00/s1. The summed E-state index contributed by atoms with van der Waals surface area (Å²) in [6, 6.07) is -0.638. The number of hydrogen-bond donors (Lipinski definition) is 4. The molecule has 34 heavy (non-hydrogen) atoms. The minimum absolute atomic E-state index is 0.000194. The largest absolute Gasteiger partial charge is 0.444 e. The number of aliphatic hydroxyl groups excluding tert-OH is 2. The Labute approximate surface area is 211 Å². The summed E-state index contributed by atoms with van der Waals surface area (Å²) in [5, 5.41) is 22.7. The summed E-state index contributed by atoms with van der Waals surface area (Å²) in [5.41, 5.74) is -1.11. The average molecular weight is 527 g/mol. The minimum atomic E-state index is -0.579. The lowest BCUT2D eigenvalue weighted by Crippen LogP contribution is -2.41. The van der Waals surface area contributed by atoms with Crippen molar-refractivity contribution in [3.05, 3.63) is 0 Å². The normalized spacial score (nSPS) is 13.0. The fourth-order valence-electron chi connectivity index (χ4n) is 2.07. The van der Waals surface area contributed by atoms with E-state index < -0.39 is 29.4 Å². The fraction of sp³-hybridized carbons (Fsp3) is 0.818. The molecule has 0 saturated heterocycles. The van der Waals surface area contributed by atoms with Crippen LogP contribution in [0.3, 0.4) is 0 Å². The molecule has 0 aliphatic heterocycles. The van der Waals surface area contributed by atoms with Crippen LogP contribution in [0, 0.1) is 0 Å². The van der Waals surface area contributed by atoms with Gasteiger partial charge in [-0.05, 0) is 54.4 Å². The molecule has 0 saturated carbocycles. The highest BCUT2D eigenvalue weighted by Crippen LogP contribution is 2.13. The van der Waals surface area contributed by atoms with Gasteiger partial charge in [0.1, 0.15) is 11.2 Å². The van der Waals surface area contributed by atoms with Gasteiger partial charge < -0.3 is 30.3 Å². The minimum Gasteiger partial charge on any atom is -0.444 e. The predicted molar refractivity (Wildman–Crippen MR) is 136 cm³/mol. The Kier molecular flexibility index (Phi) is 18.2. The fourth-order valence-corrected chi connectivity index (χ4v) is 3.45. The second-order valence-electron chi connectivity index (χ2n) is 9.31. The maximum Gasteiger partial charge on any atom is 0.407 e. The second kappa shape index (κ2) is 17.9. The van der Waals surface area contributed by atoms with E-state index in [9.17, 15) is 19.2 Å². The lowest BCUT2D eigenvalue weighted by molar-refractivity contribution is -0.109. The maximum absolute atomic E-state index is 11.7. The molecule has 0 aromatic carbocycles. The number of amides is 2. The van der Waals surface area contributed by atoms with E-state index in [2.05, 4.69) is 10.6 Å². The zero-order valence-corrected chi connectivity index (χ0v) is 23.2. The molecule has 0 aromatic heterocycles. The van der Waals surface area contributed by atoms with Gasteiger partial charge in [-0.1, -0.05) is 23.5 Å². The van der Waals surface area contributed by atoms with Crippen LogP contribution >= 0.6 is 23.5 Å². The van der Waals surface area contributed by atoms with Crippen molar-refractivity contribution in [2.24, 2.45) is 0 Å². The van der Waals surface area contributed by atoms with Gasteiger partial charge >= 0.3 is 12.2 Å². The second-order valence-corrected chi connectivity index (χ2v) is 11.8. The molecule has 0 fully saturated rings. The Morgan fingerprint density at radius 2 is 1.21 bits per heavy atom. The van der Waals surface area contributed by atoms with Crippen molar-refractivity contribution in [1.82, 2.24) is 10.6 Å². The van der Waals surface area contributed by atoms with Crippen LogP contribution in [0.2, 0.25) is 0 Å². The quantitative estimate of drug-likeness (QED) is 0.334. The smallest absolute Gasteiger partial charge is 0.407 e. The number of aliphatic hydroxyl groups is 2. The highest BCUT2D eigenvalue weighted by atomic mass is 32.2. The predicted octanol–water partition coefficient (Wildman–Crippen LogP) is 3.08. The molecule has 0 aliphatic carbocycles. The van der Waals surface area contributed by atoms with Crippen LogP contribution in [-0.4, -0.2) is 80.6 Å². The molecule has 0 bridgehead atoms. The van der Waals surface area contributed by atoms with Crippen LogP contribution in [0.1, 0.15) is 68.2 Å². The Balaban J connectivity index is 0. The number of hydrogen-bond acceptors (Lipinski definition) is 10. The molecule has 0 radical (unpaired) electrons. The number of rotatable bonds is 10. The van der Waals surface area contributed by atoms with E-state index in [1.165, 1.54) is 25.6 Å². The molecule has 0 aliphatic rings. The van der Waals surface area contributed by atoms with Gasteiger partial charge in [-0.3, -0.25) is 9.59 Å². The topological polar surface area (TPSA) is 151 Å². The Hall–Kier alpha value is -1.50. The number of nitrogens with one attached hydrogen (secondary N) is 2. The highest BCUT2D eigenvalue weighted by molar-refractivity contribution is 8.13. The molecule has 0 aromatic rings. The van der Waals surface area contributed by atoms with Crippen molar-refractivity contribution in [2.75, 3.05) is 24.7 Å². The van der Waals surface area contributed by atoms with Crippen molar-refractivity contribution in [3.63, 3.8) is 0 Å². The first kappa shape index (κ1) is 34.7. The van der Waals surface area contributed by atoms with Crippen LogP contribution in [0.5, 0.6) is 0 Å². The number of ether oxygens (including phenoxy) is 2. The van der Waals surface area contributed by atoms with E-state index >= 15 is 0 Å². The van der Waals surface area contributed by atoms with Crippen LogP contribution in [0.15, 0.2) is 0 Å². The third-order valence-electron chi connectivity index (χ3n) is 3.40. The van der Waals surface area contributed by atoms with Gasteiger partial charge in [0.15, 0.2) is 10.2 Å². The van der Waals surface area contributed by atoms with Crippen LogP contribution in [-0.2, 0) is 19.1 Å². The van der Waals surface area contributed by atoms with E-state index in [0.717, 1.165) is 11.8 Å². The molecule has 12 heteroatoms. The van der Waals surface area contributed by atoms with E-state index in [1.54, 1.807) is 41.5 Å². The third-order valence-corrected chi connectivity index (χ3v) is 5.22. The maximum atomic E-state index is 11.7. The van der Waals surface area contributed by atoms with Crippen molar-refractivity contribution in [3.8, 4) is 0 Å². The molecule has 0 spiro atoms. The van der Waals surface area contributed by atoms with E-state index in [1.807, 2.05) is 0 Å². The summed E-state index contributed by atoms with van der Waals surface area (Å²) < 4.78 is 10.2. The Morgan fingerprint density at radius 1 is 0.765 bits per heavy atom. The first-order chi connectivity index (χ1) is 15.5. The van der Waals surface area contributed by atoms with Crippen LogP contribution in [0.4, 0.5) is 9.59 Å². The third kappa shape index (κ3) is 25.1. The molecule has 200 valence electrons. The summed E-state index contributed by atoms with van der Waals surface area (Å²) in [7, 11) is 0. The first-order valence-corrected chi connectivity index (χ1v) is 12.9. The van der Waals surface area contributed by atoms with Gasteiger partial charge in [0.05, 0.1) is 12.6 Å². The molecular weight excluding hydrogens is 484 g/mol. The molecule has 4 N–H and O–H groups in total. The highest BCUT2D eigenvalue weighted by Gasteiger charge is 2.20. The van der Waals surface area contributed by atoms with E-state index in [-0.39, 0.29) is 29.5 Å². The lowest BCUT2D eigenvalue weighted by atomic mass is 10.2. The Bertz CT molecular complexity index is 633. The molecule has 2 atom stereocenters. The molecular formula is C22H42N2O8S2. The van der Waals surface area contributed by atoms with Crippen LogP contribution < -0.4 is 10.6 Å². The SMILES string of the molecule is CC(=O)SCC[C@@H](CSC(C)=O)NC(=O)OC(C)(C)C.CC(C)(C)OC(=O)N[C@H](CO)CCO. The van der Waals surface area contributed by atoms with Gasteiger partial charge in [-0.2, -0.15) is 0 Å². The van der Waals surface area contributed by atoms with Gasteiger partial charge in [0.25, 0.3) is 0 Å². The molecule has 0 heterocycles.